The van der Waals surface area contributed by atoms with Gasteiger partial charge in [-0.15, -0.1) is 0 Å². The molecule has 0 amide bonds. The largest absolute Gasteiger partial charge is 0.356 e. The van der Waals surface area contributed by atoms with E-state index < -0.39 is 0 Å². The third-order valence-electron chi connectivity index (χ3n) is 5.92. The Morgan fingerprint density at radius 3 is 1.43 bits per heavy atom. The lowest BCUT2D eigenvalue weighted by atomic mass is 9.89. The van der Waals surface area contributed by atoms with Crippen molar-refractivity contribution in [3.8, 4) is 0 Å². The van der Waals surface area contributed by atoms with Crippen LogP contribution < -0.4 is 5.32 Å². The molecule has 0 aliphatic rings. The Labute approximate surface area is 180 Å². The number of hydrogen-bond acceptors (Lipinski definition) is 1. The lowest BCUT2D eigenvalue weighted by molar-refractivity contribution is 0.777. The van der Waals surface area contributed by atoms with Crippen molar-refractivity contribution in [2.75, 3.05) is 5.32 Å². The minimum atomic E-state index is 0.392. The van der Waals surface area contributed by atoms with Crippen LogP contribution in [0, 0.1) is 0 Å². The Kier molecular flexibility index (Phi) is 6.29. The molecule has 0 aromatic heterocycles. The van der Waals surface area contributed by atoms with Gasteiger partial charge in [0.2, 0.25) is 0 Å². The van der Waals surface area contributed by atoms with Gasteiger partial charge in [-0.3, -0.25) is 0 Å². The van der Waals surface area contributed by atoms with E-state index in [0.717, 1.165) is 17.8 Å². The highest BCUT2D eigenvalue weighted by molar-refractivity contribution is 5.60. The van der Waals surface area contributed by atoms with Crippen LogP contribution in [0.2, 0.25) is 0 Å². The topological polar surface area (TPSA) is 12.0 Å². The maximum Gasteiger partial charge on any atom is 0.0384 e. The van der Waals surface area contributed by atoms with E-state index in [4.69, 9.17) is 0 Å². The Morgan fingerprint density at radius 2 is 0.933 bits per heavy atom. The smallest absolute Gasteiger partial charge is 0.0384 e. The highest BCUT2D eigenvalue weighted by Crippen LogP contribution is 2.30. The van der Waals surface area contributed by atoms with Gasteiger partial charge in [0, 0.05) is 23.2 Å². The zero-order valence-corrected chi connectivity index (χ0v) is 17.8. The number of nitrogens with one attached hydrogen (secondary N) is 1. The monoisotopic (exact) mass is 391 g/mol. The SMILES string of the molecule is CCC(c1ccccc1)c1ccc(Nc2ccc(C(C)c3ccccc3)cc2)cc1. The predicted octanol–water partition coefficient (Wildman–Crippen LogP) is 8.12. The zero-order valence-electron chi connectivity index (χ0n) is 17.8. The molecule has 0 bridgehead atoms. The first-order valence-corrected chi connectivity index (χ1v) is 10.8. The molecule has 0 radical (unpaired) electrons. The summed E-state index contributed by atoms with van der Waals surface area (Å²) < 4.78 is 0. The van der Waals surface area contributed by atoms with E-state index in [1.807, 2.05) is 0 Å². The van der Waals surface area contributed by atoms with E-state index in [1.54, 1.807) is 0 Å². The summed E-state index contributed by atoms with van der Waals surface area (Å²) in [6.07, 6.45) is 1.10. The van der Waals surface area contributed by atoms with Gasteiger partial charge in [0.1, 0.15) is 0 Å². The number of anilines is 2. The summed E-state index contributed by atoms with van der Waals surface area (Å²) in [5, 5.41) is 3.53. The maximum atomic E-state index is 3.53. The van der Waals surface area contributed by atoms with E-state index in [0.29, 0.717) is 11.8 Å². The van der Waals surface area contributed by atoms with Crippen molar-refractivity contribution in [1.82, 2.24) is 0 Å². The van der Waals surface area contributed by atoms with Crippen LogP contribution in [0.25, 0.3) is 0 Å². The molecular formula is C29H29N. The Hall–Kier alpha value is -3.32. The zero-order chi connectivity index (χ0) is 20.8. The summed E-state index contributed by atoms with van der Waals surface area (Å²) in [7, 11) is 0. The van der Waals surface area contributed by atoms with Gasteiger partial charge in [-0.1, -0.05) is 98.8 Å². The molecule has 150 valence electrons. The summed E-state index contributed by atoms with van der Waals surface area (Å²) in [6, 6.07) is 39.0. The second-order valence-corrected chi connectivity index (χ2v) is 7.87. The van der Waals surface area contributed by atoms with Crippen LogP contribution in [0.1, 0.15) is 54.4 Å². The van der Waals surface area contributed by atoms with Crippen LogP contribution in [0.15, 0.2) is 109 Å². The first kappa shape index (κ1) is 20.0. The van der Waals surface area contributed by atoms with Crippen LogP contribution in [0.5, 0.6) is 0 Å². The minimum absolute atomic E-state index is 0.392. The fourth-order valence-corrected chi connectivity index (χ4v) is 4.10. The molecule has 1 nitrogen and oxygen atoms in total. The summed E-state index contributed by atoms with van der Waals surface area (Å²) in [6.45, 7) is 4.51. The van der Waals surface area contributed by atoms with Gasteiger partial charge < -0.3 is 5.32 Å². The average molecular weight is 392 g/mol. The fourth-order valence-electron chi connectivity index (χ4n) is 4.10. The molecule has 0 fully saturated rings. The molecule has 4 aromatic rings. The average Bonchev–Trinajstić information content (AvgIpc) is 2.82. The van der Waals surface area contributed by atoms with Crippen LogP contribution in [0.3, 0.4) is 0 Å². The van der Waals surface area contributed by atoms with Crippen LogP contribution in [-0.4, -0.2) is 0 Å². The van der Waals surface area contributed by atoms with Gasteiger partial charge in [-0.25, -0.2) is 0 Å². The van der Waals surface area contributed by atoms with Crippen molar-refractivity contribution < 1.29 is 0 Å². The Bertz CT molecular complexity index is 1040. The lowest BCUT2D eigenvalue weighted by Gasteiger charge is -2.17. The molecule has 1 N–H and O–H groups in total. The van der Waals surface area contributed by atoms with Crippen molar-refractivity contribution in [3.63, 3.8) is 0 Å². The van der Waals surface area contributed by atoms with E-state index in [1.165, 1.54) is 22.3 Å². The van der Waals surface area contributed by atoms with Gasteiger partial charge >= 0.3 is 0 Å². The number of rotatable bonds is 7. The summed E-state index contributed by atoms with van der Waals surface area (Å²) in [4.78, 5) is 0. The van der Waals surface area contributed by atoms with E-state index in [9.17, 15) is 0 Å². The summed E-state index contributed by atoms with van der Waals surface area (Å²) in [5.74, 6) is 0.836. The normalized spacial score (nSPS) is 12.9. The molecule has 0 aliphatic carbocycles. The first-order chi connectivity index (χ1) is 14.7. The van der Waals surface area contributed by atoms with Crippen LogP contribution in [0.4, 0.5) is 11.4 Å². The van der Waals surface area contributed by atoms with E-state index in [-0.39, 0.29) is 0 Å². The molecule has 0 spiro atoms. The molecular weight excluding hydrogens is 362 g/mol. The van der Waals surface area contributed by atoms with E-state index in [2.05, 4.69) is 128 Å². The third-order valence-corrected chi connectivity index (χ3v) is 5.92. The fraction of sp³-hybridized carbons (Fsp3) is 0.172. The van der Waals surface area contributed by atoms with Gasteiger partial charge in [0.15, 0.2) is 0 Å². The molecule has 4 rings (SSSR count). The quantitative estimate of drug-likeness (QED) is 0.335. The molecule has 0 heterocycles. The lowest BCUT2D eigenvalue weighted by Crippen LogP contribution is -2.00. The van der Waals surface area contributed by atoms with Crippen molar-refractivity contribution >= 4 is 11.4 Å². The molecule has 2 atom stereocenters. The minimum Gasteiger partial charge on any atom is -0.356 e. The van der Waals surface area contributed by atoms with Gasteiger partial charge in [-0.2, -0.15) is 0 Å². The van der Waals surface area contributed by atoms with Crippen molar-refractivity contribution in [3.05, 3.63) is 131 Å². The van der Waals surface area contributed by atoms with Crippen LogP contribution >= 0.6 is 0 Å². The second-order valence-electron chi connectivity index (χ2n) is 7.87. The van der Waals surface area contributed by atoms with Crippen molar-refractivity contribution in [2.45, 2.75) is 32.1 Å². The predicted molar refractivity (Wildman–Crippen MR) is 129 cm³/mol. The van der Waals surface area contributed by atoms with Gasteiger partial charge in [-0.05, 0) is 52.9 Å². The van der Waals surface area contributed by atoms with Crippen molar-refractivity contribution in [2.24, 2.45) is 0 Å². The van der Waals surface area contributed by atoms with Crippen LogP contribution in [-0.2, 0) is 0 Å². The molecule has 2 unspecified atom stereocenters. The Morgan fingerprint density at radius 1 is 0.533 bits per heavy atom. The van der Waals surface area contributed by atoms with Gasteiger partial charge in [0.05, 0.1) is 0 Å². The molecule has 0 aliphatic heterocycles. The maximum absolute atomic E-state index is 3.53. The first-order valence-electron chi connectivity index (χ1n) is 10.8. The van der Waals surface area contributed by atoms with Crippen molar-refractivity contribution in [1.29, 1.82) is 0 Å². The molecule has 0 saturated carbocycles. The number of hydrogen-bond donors (Lipinski definition) is 1. The summed E-state index contributed by atoms with van der Waals surface area (Å²) in [5.41, 5.74) is 7.64. The molecule has 1 heteroatoms. The second kappa shape index (κ2) is 9.45. The standard InChI is InChI=1S/C29H29N/c1-3-29(25-12-8-5-9-13-25)26-16-20-28(21-17-26)30-27-18-14-24(15-19-27)22(2)23-10-6-4-7-11-23/h4-22,29-30H,3H2,1-2H3. The third kappa shape index (κ3) is 4.63. The molecule has 30 heavy (non-hydrogen) atoms. The highest BCUT2D eigenvalue weighted by atomic mass is 14.9. The van der Waals surface area contributed by atoms with E-state index >= 15 is 0 Å². The highest BCUT2D eigenvalue weighted by Gasteiger charge is 2.12. The molecule has 0 saturated heterocycles. The number of benzene rings is 4. The molecule has 4 aromatic carbocycles. The van der Waals surface area contributed by atoms with Gasteiger partial charge in [0.25, 0.3) is 0 Å². The summed E-state index contributed by atoms with van der Waals surface area (Å²) >= 11 is 0. The Balaban J connectivity index is 1.44.